The zero-order chi connectivity index (χ0) is 28.1. The molecule has 2 aliphatic heterocycles. The highest BCUT2D eigenvalue weighted by molar-refractivity contribution is 8.00. The molecule has 40 heavy (non-hydrogen) atoms. The number of thioether (sulfide) groups is 1. The predicted molar refractivity (Wildman–Crippen MR) is 155 cm³/mol. The van der Waals surface area contributed by atoms with Crippen molar-refractivity contribution in [2.45, 2.75) is 29.7 Å². The van der Waals surface area contributed by atoms with E-state index >= 15 is 0 Å². The number of aromatic hydroxyl groups is 1. The zero-order valence-corrected chi connectivity index (χ0v) is 23.4. The van der Waals surface area contributed by atoms with Crippen LogP contribution >= 0.6 is 34.7 Å². The molecular formula is C29H22ClN3O5S2. The Kier molecular flexibility index (Phi) is 6.77. The number of nitrogens with one attached hydrogen (secondary N) is 1. The summed E-state index contributed by atoms with van der Waals surface area (Å²) in [5, 5.41) is 13.7. The molecular weight excluding hydrogens is 570 g/mol. The average molecular weight is 592 g/mol. The van der Waals surface area contributed by atoms with Gasteiger partial charge < -0.3 is 10.4 Å². The van der Waals surface area contributed by atoms with Gasteiger partial charge in [0, 0.05) is 27.1 Å². The Morgan fingerprint density at radius 2 is 1.68 bits per heavy atom. The van der Waals surface area contributed by atoms with Gasteiger partial charge in [-0.05, 0) is 49.4 Å². The van der Waals surface area contributed by atoms with E-state index in [9.17, 15) is 24.3 Å². The van der Waals surface area contributed by atoms with E-state index in [1.807, 2.05) is 19.1 Å². The molecule has 0 aliphatic carbocycles. The van der Waals surface area contributed by atoms with Gasteiger partial charge in [0.1, 0.15) is 17.5 Å². The smallest absolute Gasteiger partial charge is 0.308 e. The van der Waals surface area contributed by atoms with Crippen LogP contribution in [0.15, 0.2) is 82.6 Å². The predicted octanol–water partition coefficient (Wildman–Crippen LogP) is 5.01. The van der Waals surface area contributed by atoms with Gasteiger partial charge in [0.05, 0.1) is 16.6 Å². The van der Waals surface area contributed by atoms with Crippen molar-refractivity contribution in [2.24, 2.45) is 5.92 Å². The molecule has 3 amide bonds. The number of benzene rings is 3. The number of aryl methyl sites for hydroxylation is 1. The SMILES string of the molecule is Cc1ccc(NC(=O)Cn2c3c(sc2=O)[C@@H](c2ccccc2O)C2C(=O)N(c4ccc(Cl)cc4)C(=O)C2S3)cc1. The van der Waals surface area contributed by atoms with Gasteiger partial charge in [0.25, 0.3) is 0 Å². The first-order valence-corrected chi connectivity index (χ1v) is 14.5. The van der Waals surface area contributed by atoms with E-state index in [0.29, 0.717) is 31.9 Å². The summed E-state index contributed by atoms with van der Waals surface area (Å²) in [5.41, 5.74) is 2.48. The lowest BCUT2D eigenvalue weighted by Crippen LogP contribution is -2.33. The summed E-state index contributed by atoms with van der Waals surface area (Å²) in [4.78, 5) is 55.1. The quantitative estimate of drug-likeness (QED) is 0.316. The molecule has 6 rings (SSSR count). The minimum absolute atomic E-state index is 0.0428. The number of hydrogen-bond donors (Lipinski definition) is 2. The number of para-hydroxylation sites is 1. The number of imide groups is 1. The molecule has 2 aliphatic rings. The summed E-state index contributed by atoms with van der Waals surface area (Å²) in [7, 11) is 0. The van der Waals surface area contributed by atoms with Crippen LogP contribution in [0, 0.1) is 12.8 Å². The molecule has 3 atom stereocenters. The largest absolute Gasteiger partial charge is 0.508 e. The fourth-order valence-corrected chi connectivity index (χ4v) is 8.06. The lowest BCUT2D eigenvalue weighted by atomic mass is 9.82. The molecule has 11 heteroatoms. The number of phenolic OH excluding ortho intramolecular Hbond substituents is 1. The Bertz CT molecular complexity index is 1710. The van der Waals surface area contributed by atoms with Crippen molar-refractivity contribution < 1.29 is 19.5 Å². The number of nitrogens with zero attached hydrogens (tertiary/aromatic N) is 2. The average Bonchev–Trinajstić information content (AvgIpc) is 3.37. The van der Waals surface area contributed by atoms with E-state index in [2.05, 4.69) is 5.32 Å². The molecule has 0 bridgehead atoms. The maximum Gasteiger partial charge on any atom is 0.308 e. The van der Waals surface area contributed by atoms with Crippen molar-refractivity contribution in [1.82, 2.24) is 4.57 Å². The lowest BCUT2D eigenvalue weighted by molar-refractivity contribution is -0.122. The molecule has 202 valence electrons. The Morgan fingerprint density at radius 1 is 0.975 bits per heavy atom. The standard InChI is InChI=1S/C29H22ClN3O5S2/c1-15-6-10-17(11-7-15)31-21(35)14-32-28-25(40-29(32)38)22(19-4-2-3-5-20(19)34)23-24(39-28)27(37)33(26(23)36)18-12-8-16(30)9-13-18/h2-13,22-24,34H,14H2,1H3,(H,31,35)/t22-,23?,24?/m0/s1. The van der Waals surface area contributed by atoms with Crippen LogP contribution in [-0.2, 0) is 20.9 Å². The molecule has 3 heterocycles. The summed E-state index contributed by atoms with van der Waals surface area (Å²) < 4.78 is 1.35. The Hall–Kier alpha value is -3.86. The van der Waals surface area contributed by atoms with E-state index in [1.165, 1.54) is 10.6 Å². The molecule has 1 fully saturated rings. The van der Waals surface area contributed by atoms with Gasteiger partial charge in [-0.3, -0.25) is 23.7 Å². The number of phenols is 1. The van der Waals surface area contributed by atoms with E-state index in [0.717, 1.165) is 33.6 Å². The van der Waals surface area contributed by atoms with Gasteiger partial charge in [-0.15, -0.1) is 0 Å². The molecule has 0 spiro atoms. The number of carbonyl (C=O) groups is 3. The number of fused-ring (bicyclic) bond motifs is 2. The summed E-state index contributed by atoms with van der Waals surface area (Å²) in [6.45, 7) is 1.68. The van der Waals surface area contributed by atoms with Crippen LogP contribution in [0.3, 0.4) is 0 Å². The van der Waals surface area contributed by atoms with Gasteiger partial charge in [0.15, 0.2) is 0 Å². The molecule has 4 aromatic rings. The number of amides is 3. The minimum atomic E-state index is -0.860. The van der Waals surface area contributed by atoms with Gasteiger partial charge in [0.2, 0.25) is 17.7 Å². The molecule has 8 nitrogen and oxygen atoms in total. The first kappa shape index (κ1) is 26.4. The number of halogens is 1. The molecule has 0 radical (unpaired) electrons. The summed E-state index contributed by atoms with van der Waals surface area (Å²) in [6, 6.07) is 20.3. The highest BCUT2D eigenvalue weighted by atomic mass is 35.5. The first-order valence-electron chi connectivity index (χ1n) is 12.4. The second-order valence-electron chi connectivity index (χ2n) is 9.63. The van der Waals surface area contributed by atoms with Crippen LogP contribution in [0.2, 0.25) is 5.02 Å². The minimum Gasteiger partial charge on any atom is -0.508 e. The van der Waals surface area contributed by atoms with Crippen molar-refractivity contribution in [3.05, 3.63) is 103 Å². The normalized spacial score (nSPS) is 19.9. The Balaban J connectivity index is 1.41. The number of aromatic nitrogens is 1. The molecule has 2 unspecified atom stereocenters. The number of rotatable bonds is 5. The van der Waals surface area contributed by atoms with Crippen LogP contribution < -0.4 is 15.1 Å². The summed E-state index contributed by atoms with van der Waals surface area (Å²) >= 11 is 8.07. The number of thiazole rings is 1. The monoisotopic (exact) mass is 591 g/mol. The third-order valence-electron chi connectivity index (χ3n) is 7.04. The van der Waals surface area contributed by atoms with Crippen molar-refractivity contribution in [2.75, 3.05) is 10.2 Å². The lowest BCUT2D eigenvalue weighted by Gasteiger charge is -2.31. The Morgan fingerprint density at radius 3 is 2.38 bits per heavy atom. The highest BCUT2D eigenvalue weighted by Crippen LogP contribution is 2.55. The van der Waals surface area contributed by atoms with Gasteiger partial charge in [-0.1, -0.05) is 70.6 Å². The molecule has 0 saturated carbocycles. The topological polar surface area (TPSA) is 109 Å². The van der Waals surface area contributed by atoms with Crippen LogP contribution in [0.25, 0.3) is 0 Å². The van der Waals surface area contributed by atoms with Crippen LogP contribution in [0.1, 0.15) is 21.9 Å². The van der Waals surface area contributed by atoms with E-state index in [1.54, 1.807) is 54.6 Å². The fraction of sp³-hybridized carbons (Fsp3) is 0.172. The molecule has 2 N–H and O–H groups in total. The number of carbonyl (C=O) groups excluding carboxylic acids is 3. The third kappa shape index (κ3) is 4.51. The van der Waals surface area contributed by atoms with Gasteiger partial charge in [-0.25, -0.2) is 4.90 Å². The second kappa shape index (κ2) is 10.3. The van der Waals surface area contributed by atoms with Crippen molar-refractivity contribution >= 4 is 63.8 Å². The molecule has 3 aromatic carbocycles. The van der Waals surface area contributed by atoms with E-state index < -0.39 is 34.8 Å². The van der Waals surface area contributed by atoms with Crippen molar-refractivity contribution in [1.29, 1.82) is 0 Å². The zero-order valence-electron chi connectivity index (χ0n) is 21.0. The van der Waals surface area contributed by atoms with E-state index in [4.69, 9.17) is 11.6 Å². The van der Waals surface area contributed by atoms with Crippen molar-refractivity contribution in [3.63, 3.8) is 0 Å². The number of anilines is 2. The maximum atomic E-state index is 13.9. The van der Waals surface area contributed by atoms with Crippen LogP contribution in [0.5, 0.6) is 5.75 Å². The summed E-state index contributed by atoms with van der Waals surface area (Å²) in [5.74, 6) is -2.91. The molecule has 1 aromatic heterocycles. The fourth-order valence-electron chi connectivity index (χ4n) is 5.17. The Labute approximate surface area is 242 Å². The highest BCUT2D eigenvalue weighted by Gasteiger charge is 2.57. The second-order valence-corrected chi connectivity index (χ2v) is 12.2. The first-order chi connectivity index (χ1) is 19.2. The number of hydrogen-bond acceptors (Lipinski definition) is 7. The summed E-state index contributed by atoms with van der Waals surface area (Å²) in [6.07, 6.45) is 0. The van der Waals surface area contributed by atoms with E-state index in [-0.39, 0.29) is 17.2 Å². The van der Waals surface area contributed by atoms with Gasteiger partial charge in [-0.2, -0.15) is 0 Å². The maximum absolute atomic E-state index is 13.9. The van der Waals surface area contributed by atoms with Crippen LogP contribution in [0.4, 0.5) is 11.4 Å². The molecule has 1 saturated heterocycles. The van der Waals surface area contributed by atoms with Gasteiger partial charge >= 0.3 is 4.87 Å². The third-order valence-corrected chi connectivity index (χ3v) is 9.90. The van der Waals surface area contributed by atoms with Crippen LogP contribution in [-0.4, -0.2) is 32.6 Å². The van der Waals surface area contributed by atoms with Crippen molar-refractivity contribution in [3.8, 4) is 5.75 Å².